The van der Waals surface area contributed by atoms with Crippen LogP contribution in [0.4, 0.5) is 0 Å². The van der Waals surface area contributed by atoms with E-state index < -0.39 is 0 Å². The number of aromatic amines is 1. The van der Waals surface area contributed by atoms with Gasteiger partial charge in [-0.05, 0) is 18.6 Å². The van der Waals surface area contributed by atoms with E-state index in [0.29, 0.717) is 0 Å². The van der Waals surface area contributed by atoms with E-state index >= 15 is 0 Å². The van der Waals surface area contributed by atoms with E-state index in [4.69, 9.17) is 0 Å². The first-order valence-electron chi connectivity index (χ1n) is 4.38. The fourth-order valence-corrected chi connectivity index (χ4v) is 1.31. The van der Waals surface area contributed by atoms with Crippen LogP contribution in [0.2, 0.25) is 0 Å². The van der Waals surface area contributed by atoms with Gasteiger partial charge in [0.1, 0.15) is 0 Å². The molecule has 2 nitrogen and oxygen atoms in total. The fraction of sp³-hybridized carbons (Fsp3) is 0.182. The molecule has 0 spiro atoms. The van der Waals surface area contributed by atoms with Crippen molar-refractivity contribution >= 4 is 0 Å². The van der Waals surface area contributed by atoms with Crippen molar-refractivity contribution in [1.29, 1.82) is 0 Å². The largest absolute Gasteiger partial charge is 0.282 e. The molecule has 0 atom stereocenters. The molecule has 1 aromatic heterocycles. The third-order valence-electron chi connectivity index (χ3n) is 2.07. The number of rotatable bonds is 2. The fourth-order valence-electron chi connectivity index (χ4n) is 1.31. The predicted molar refractivity (Wildman–Crippen MR) is 52.6 cm³/mol. The van der Waals surface area contributed by atoms with Gasteiger partial charge in [0.15, 0.2) is 0 Å². The van der Waals surface area contributed by atoms with E-state index in [2.05, 4.69) is 41.4 Å². The van der Waals surface area contributed by atoms with Gasteiger partial charge in [0.25, 0.3) is 0 Å². The maximum absolute atomic E-state index is 3.91. The van der Waals surface area contributed by atoms with Crippen LogP contribution in [0.3, 0.4) is 0 Å². The summed E-state index contributed by atoms with van der Waals surface area (Å²) in [6.07, 6.45) is 2.71. The second-order valence-corrected chi connectivity index (χ2v) is 3.24. The predicted octanol–water partition coefficient (Wildman–Crippen LogP) is 2.31. The highest BCUT2D eigenvalue weighted by atomic mass is 15.1. The monoisotopic (exact) mass is 172 g/mol. The van der Waals surface area contributed by atoms with E-state index in [1.807, 2.05) is 6.07 Å². The smallest absolute Gasteiger partial charge is 0.0490 e. The van der Waals surface area contributed by atoms with Crippen molar-refractivity contribution in [3.05, 3.63) is 53.3 Å². The van der Waals surface area contributed by atoms with Crippen molar-refractivity contribution < 1.29 is 0 Å². The molecule has 0 aliphatic carbocycles. The quantitative estimate of drug-likeness (QED) is 0.739. The number of nitrogens with zero attached hydrogens (tertiary/aromatic N) is 1. The van der Waals surface area contributed by atoms with Crippen LogP contribution in [0, 0.1) is 6.92 Å². The summed E-state index contributed by atoms with van der Waals surface area (Å²) in [5.74, 6) is 0. The standard InChI is InChI=1S/C11H12N2/c1-9-2-4-10(5-3-9)8-11-6-7-12-13-11/h2-7H,8H2,1H3,(H,12,13). The van der Waals surface area contributed by atoms with Gasteiger partial charge in [-0.3, -0.25) is 5.10 Å². The summed E-state index contributed by atoms with van der Waals surface area (Å²) >= 11 is 0. The summed E-state index contributed by atoms with van der Waals surface area (Å²) in [6, 6.07) is 10.6. The van der Waals surface area contributed by atoms with Crippen LogP contribution in [-0.2, 0) is 6.42 Å². The molecule has 2 aromatic rings. The van der Waals surface area contributed by atoms with Gasteiger partial charge in [0.05, 0.1) is 0 Å². The molecule has 0 fully saturated rings. The van der Waals surface area contributed by atoms with Gasteiger partial charge in [-0.2, -0.15) is 5.10 Å². The molecule has 2 rings (SSSR count). The van der Waals surface area contributed by atoms with Crippen molar-refractivity contribution in [2.75, 3.05) is 0 Å². The molecule has 2 heteroatoms. The van der Waals surface area contributed by atoms with Crippen molar-refractivity contribution in [1.82, 2.24) is 10.2 Å². The molecular weight excluding hydrogens is 160 g/mol. The molecule has 0 saturated heterocycles. The van der Waals surface area contributed by atoms with Gasteiger partial charge in [-0.1, -0.05) is 29.8 Å². The van der Waals surface area contributed by atoms with Crippen molar-refractivity contribution in [2.24, 2.45) is 0 Å². The van der Waals surface area contributed by atoms with Crippen molar-refractivity contribution in [3.8, 4) is 0 Å². The van der Waals surface area contributed by atoms with Gasteiger partial charge < -0.3 is 0 Å². The molecular formula is C11H12N2. The van der Waals surface area contributed by atoms with Gasteiger partial charge in [0, 0.05) is 18.3 Å². The molecule has 0 aliphatic rings. The topological polar surface area (TPSA) is 28.7 Å². The zero-order chi connectivity index (χ0) is 9.10. The summed E-state index contributed by atoms with van der Waals surface area (Å²) in [4.78, 5) is 0. The summed E-state index contributed by atoms with van der Waals surface area (Å²) in [5.41, 5.74) is 3.77. The highest BCUT2D eigenvalue weighted by molar-refractivity contribution is 5.24. The third-order valence-corrected chi connectivity index (χ3v) is 2.07. The molecule has 1 heterocycles. The van der Waals surface area contributed by atoms with Gasteiger partial charge >= 0.3 is 0 Å². The summed E-state index contributed by atoms with van der Waals surface area (Å²) < 4.78 is 0. The first kappa shape index (κ1) is 8.05. The average Bonchev–Trinajstić information content (AvgIpc) is 2.62. The maximum atomic E-state index is 3.91. The zero-order valence-corrected chi connectivity index (χ0v) is 7.62. The minimum atomic E-state index is 0.931. The van der Waals surface area contributed by atoms with E-state index in [0.717, 1.165) is 12.1 Å². The molecule has 0 saturated carbocycles. The number of aromatic nitrogens is 2. The lowest BCUT2D eigenvalue weighted by Crippen LogP contribution is -1.88. The Morgan fingerprint density at radius 3 is 2.54 bits per heavy atom. The minimum Gasteiger partial charge on any atom is -0.282 e. The van der Waals surface area contributed by atoms with Crippen LogP contribution in [0.15, 0.2) is 36.5 Å². The Labute approximate surface area is 77.6 Å². The third kappa shape index (κ3) is 1.96. The van der Waals surface area contributed by atoms with Crippen molar-refractivity contribution in [2.45, 2.75) is 13.3 Å². The van der Waals surface area contributed by atoms with E-state index in [-0.39, 0.29) is 0 Å². The van der Waals surface area contributed by atoms with Crippen LogP contribution in [0.5, 0.6) is 0 Å². The summed E-state index contributed by atoms with van der Waals surface area (Å²) in [6.45, 7) is 2.10. The number of H-pyrrole nitrogens is 1. The summed E-state index contributed by atoms with van der Waals surface area (Å²) in [7, 11) is 0. The molecule has 1 aromatic carbocycles. The Balaban J connectivity index is 2.15. The molecule has 1 N–H and O–H groups in total. The van der Waals surface area contributed by atoms with Gasteiger partial charge in [-0.15, -0.1) is 0 Å². The van der Waals surface area contributed by atoms with E-state index in [1.165, 1.54) is 11.1 Å². The Morgan fingerprint density at radius 1 is 1.15 bits per heavy atom. The number of benzene rings is 1. The van der Waals surface area contributed by atoms with Crippen LogP contribution < -0.4 is 0 Å². The molecule has 0 aliphatic heterocycles. The molecule has 0 amide bonds. The zero-order valence-electron chi connectivity index (χ0n) is 7.62. The average molecular weight is 172 g/mol. The Kier molecular flexibility index (Phi) is 2.13. The Morgan fingerprint density at radius 2 is 1.92 bits per heavy atom. The first-order valence-corrected chi connectivity index (χ1v) is 4.38. The maximum Gasteiger partial charge on any atom is 0.0490 e. The van der Waals surface area contributed by atoms with Gasteiger partial charge in [0.2, 0.25) is 0 Å². The van der Waals surface area contributed by atoms with Crippen molar-refractivity contribution in [3.63, 3.8) is 0 Å². The second-order valence-electron chi connectivity index (χ2n) is 3.24. The SMILES string of the molecule is Cc1ccc(Cc2ccn[nH]2)cc1. The Hall–Kier alpha value is -1.57. The summed E-state index contributed by atoms with van der Waals surface area (Å²) in [5, 5.41) is 6.86. The number of aryl methyl sites for hydroxylation is 1. The van der Waals surface area contributed by atoms with E-state index in [9.17, 15) is 0 Å². The highest BCUT2D eigenvalue weighted by Crippen LogP contribution is 2.07. The number of nitrogens with one attached hydrogen (secondary N) is 1. The molecule has 13 heavy (non-hydrogen) atoms. The van der Waals surface area contributed by atoms with Crippen LogP contribution in [0.1, 0.15) is 16.8 Å². The van der Waals surface area contributed by atoms with Crippen LogP contribution in [0.25, 0.3) is 0 Å². The molecule has 0 unspecified atom stereocenters. The lowest BCUT2D eigenvalue weighted by Gasteiger charge is -1.98. The van der Waals surface area contributed by atoms with Crippen LogP contribution in [-0.4, -0.2) is 10.2 Å². The second kappa shape index (κ2) is 3.44. The lowest BCUT2D eigenvalue weighted by molar-refractivity contribution is 0.996. The van der Waals surface area contributed by atoms with Crippen LogP contribution >= 0.6 is 0 Å². The van der Waals surface area contributed by atoms with Gasteiger partial charge in [-0.25, -0.2) is 0 Å². The lowest BCUT2D eigenvalue weighted by atomic mass is 10.1. The number of hydrogen-bond donors (Lipinski definition) is 1. The normalized spacial score (nSPS) is 10.2. The number of hydrogen-bond acceptors (Lipinski definition) is 1. The molecule has 0 bridgehead atoms. The van der Waals surface area contributed by atoms with E-state index in [1.54, 1.807) is 6.20 Å². The molecule has 66 valence electrons. The minimum absolute atomic E-state index is 0.931. The molecule has 0 radical (unpaired) electrons. The highest BCUT2D eigenvalue weighted by Gasteiger charge is 1.95. The first-order chi connectivity index (χ1) is 6.34. The Bertz CT molecular complexity index is 359.